The molecule has 0 amide bonds. The lowest BCUT2D eigenvalue weighted by atomic mass is 10.1. The number of nitrogens with zero attached hydrogens (tertiary/aromatic N) is 1. The van der Waals surface area contributed by atoms with E-state index in [-0.39, 0.29) is 11.4 Å². The van der Waals surface area contributed by atoms with Gasteiger partial charge in [-0.25, -0.2) is 13.1 Å². The van der Waals surface area contributed by atoms with Crippen molar-refractivity contribution in [1.29, 1.82) is 0 Å². The van der Waals surface area contributed by atoms with Crippen LogP contribution in [0.1, 0.15) is 28.1 Å². The molecule has 6 nitrogen and oxygen atoms in total. The van der Waals surface area contributed by atoms with E-state index in [4.69, 9.17) is 4.74 Å². The van der Waals surface area contributed by atoms with Gasteiger partial charge in [-0.2, -0.15) is 5.10 Å². The predicted octanol–water partition coefficient (Wildman–Crippen LogP) is 2.13. The Bertz CT molecular complexity index is 775. The summed E-state index contributed by atoms with van der Waals surface area (Å²) in [5, 5.41) is 6.61. The van der Waals surface area contributed by atoms with Crippen molar-refractivity contribution in [3.63, 3.8) is 0 Å². The Balaban J connectivity index is 2.28. The molecule has 1 aromatic heterocycles. The third kappa shape index (κ3) is 3.15. The fraction of sp³-hybridized carbons (Fsp3) is 0.400. The number of sulfonamides is 1. The summed E-state index contributed by atoms with van der Waals surface area (Å²) < 4.78 is 32.8. The lowest BCUT2D eigenvalue weighted by Gasteiger charge is -2.13. The summed E-state index contributed by atoms with van der Waals surface area (Å²) in [5.41, 5.74) is 3.97. The van der Waals surface area contributed by atoms with E-state index in [1.54, 1.807) is 21.0 Å². The highest BCUT2D eigenvalue weighted by atomic mass is 32.2. The highest BCUT2D eigenvalue weighted by Gasteiger charge is 2.22. The Labute approximate surface area is 130 Å². The number of ether oxygens (including phenoxy) is 1. The van der Waals surface area contributed by atoms with Crippen LogP contribution >= 0.6 is 0 Å². The molecule has 0 bridgehead atoms. The van der Waals surface area contributed by atoms with E-state index >= 15 is 0 Å². The van der Waals surface area contributed by atoms with Gasteiger partial charge in [-0.05, 0) is 44.9 Å². The topological polar surface area (TPSA) is 84.1 Å². The standard InChI is InChI=1S/C15H21N3O3S/c1-9-6-13(14(21-5)7-10(9)2)8-16-22(19,20)15-11(3)17-18-12(15)4/h6-7,16H,8H2,1-5H3,(H,17,18). The summed E-state index contributed by atoms with van der Waals surface area (Å²) >= 11 is 0. The number of aryl methyl sites for hydroxylation is 4. The molecule has 22 heavy (non-hydrogen) atoms. The maximum Gasteiger partial charge on any atom is 0.244 e. The maximum atomic E-state index is 12.4. The molecule has 0 saturated heterocycles. The first-order valence-corrected chi connectivity index (χ1v) is 8.40. The zero-order chi connectivity index (χ0) is 16.5. The average molecular weight is 323 g/mol. The highest BCUT2D eigenvalue weighted by molar-refractivity contribution is 7.89. The quantitative estimate of drug-likeness (QED) is 0.883. The molecule has 2 N–H and O–H groups in total. The van der Waals surface area contributed by atoms with Gasteiger partial charge in [-0.3, -0.25) is 5.10 Å². The van der Waals surface area contributed by atoms with E-state index in [1.165, 1.54) is 0 Å². The van der Waals surface area contributed by atoms with Gasteiger partial charge in [-0.15, -0.1) is 0 Å². The molecular formula is C15H21N3O3S. The van der Waals surface area contributed by atoms with Gasteiger partial charge >= 0.3 is 0 Å². The van der Waals surface area contributed by atoms with Crippen molar-refractivity contribution in [3.8, 4) is 5.75 Å². The zero-order valence-electron chi connectivity index (χ0n) is 13.4. The van der Waals surface area contributed by atoms with Crippen LogP contribution in [0.25, 0.3) is 0 Å². The summed E-state index contributed by atoms with van der Waals surface area (Å²) in [6, 6.07) is 3.85. The normalized spacial score (nSPS) is 11.7. The van der Waals surface area contributed by atoms with Crippen molar-refractivity contribution in [3.05, 3.63) is 40.2 Å². The van der Waals surface area contributed by atoms with Crippen molar-refractivity contribution >= 4 is 10.0 Å². The number of H-pyrrole nitrogens is 1. The molecule has 0 radical (unpaired) electrons. The summed E-state index contributed by atoms with van der Waals surface area (Å²) in [4.78, 5) is 0.204. The van der Waals surface area contributed by atoms with Crippen LogP contribution in [0, 0.1) is 27.7 Å². The second-order valence-electron chi connectivity index (χ2n) is 5.34. The van der Waals surface area contributed by atoms with Gasteiger partial charge in [0.05, 0.1) is 18.5 Å². The van der Waals surface area contributed by atoms with E-state index in [1.807, 2.05) is 26.0 Å². The van der Waals surface area contributed by atoms with E-state index in [9.17, 15) is 8.42 Å². The maximum absolute atomic E-state index is 12.4. The molecule has 0 unspecified atom stereocenters. The molecule has 0 spiro atoms. The number of aromatic nitrogens is 2. The number of methoxy groups -OCH3 is 1. The minimum atomic E-state index is -3.62. The summed E-state index contributed by atoms with van der Waals surface area (Å²) in [5.74, 6) is 0.673. The average Bonchev–Trinajstić information content (AvgIpc) is 2.79. The molecule has 120 valence electrons. The summed E-state index contributed by atoms with van der Waals surface area (Å²) in [6.07, 6.45) is 0. The van der Waals surface area contributed by atoms with Crippen LogP contribution in [0.3, 0.4) is 0 Å². The third-order valence-electron chi connectivity index (χ3n) is 3.68. The minimum absolute atomic E-state index is 0.163. The molecule has 1 aromatic carbocycles. The fourth-order valence-electron chi connectivity index (χ4n) is 2.36. The van der Waals surface area contributed by atoms with Crippen LogP contribution in [0.15, 0.2) is 17.0 Å². The number of rotatable bonds is 5. The largest absolute Gasteiger partial charge is 0.496 e. The SMILES string of the molecule is COc1cc(C)c(C)cc1CNS(=O)(=O)c1c(C)n[nH]c1C. The molecule has 1 heterocycles. The van der Waals surface area contributed by atoms with E-state index in [0.717, 1.165) is 16.7 Å². The second-order valence-corrected chi connectivity index (χ2v) is 7.04. The first kappa shape index (κ1) is 16.5. The van der Waals surface area contributed by atoms with Crippen molar-refractivity contribution < 1.29 is 13.2 Å². The molecule has 0 aliphatic heterocycles. The molecule has 0 fully saturated rings. The molecule has 0 aliphatic rings. The molecule has 0 atom stereocenters. The molecule has 7 heteroatoms. The van der Waals surface area contributed by atoms with Crippen molar-refractivity contribution in [2.45, 2.75) is 39.1 Å². The van der Waals surface area contributed by atoms with Gasteiger partial charge in [0.25, 0.3) is 0 Å². The Morgan fingerprint density at radius 1 is 1.18 bits per heavy atom. The van der Waals surface area contributed by atoms with Gasteiger partial charge < -0.3 is 4.74 Å². The second kappa shape index (κ2) is 6.10. The van der Waals surface area contributed by atoms with Crippen LogP contribution in [0.2, 0.25) is 0 Å². The molecule has 0 saturated carbocycles. The smallest absolute Gasteiger partial charge is 0.244 e. The van der Waals surface area contributed by atoms with Crippen LogP contribution in [0.4, 0.5) is 0 Å². The monoisotopic (exact) mass is 323 g/mol. The van der Waals surface area contributed by atoms with E-state index in [0.29, 0.717) is 17.1 Å². The minimum Gasteiger partial charge on any atom is -0.496 e. The lowest BCUT2D eigenvalue weighted by Crippen LogP contribution is -2.24. The van der Waals surface area contributed by atoms with E-state index < -0.39 is 10.0 Å². The van der Waals surface area contributed by atoms with Crippen LogP contribution in [-0.2, 0) is 16.6 Å². The molecule has 0 aliphatic carbocycles. The first-order valence-electron chi connectivity index (χ1n) is 6.91. The Morgan fingerprint density at radius 2 is 1.82 bits per heavy atom. The zero-order valence-corrected chi connectivity index (χ0v) is 14.3. The Hall–Kier alpha value is -1.86. The van der Waals surface area contributed by atoms with Crippen molar-refractivity contribution in [1.82, 2.24) is 14.9 Å². The predicted molar refractivity (Wildman–Crippen MR) is 84.6 cm³/mol. The molecular weight excluding hydrogens is 302 g/mol. The van der Waals surface area contributed by atoms with Gasteiger partial charge in [0.2, 0.25) is 10.0 Å². The number of aromatic amines is 1. The van der Waals surface area contributed by atoms with E-state index in [2.05, 4.69) is 14.9 Å². The highest BCUT2D eigenvalue weighted by Crippen LogP contribution is 2.24. The van der Waals surface area contributed by atoms with Crippen LogP contribution in [-0.4, -0.2) is 25.7 Å². The van der Waals surface area contributed by atoms with Gasteiger partial charge in [0, 0.05) is 12.1 Å². The summed E-state index contributed by atoms with van der Waals surface area (Å²) in [7, 11) is -2.05. The number of hydrogen-bond acceptors (Lipinski definition) is 4. The summed E-state index contributed by atoms with van der Waals surface area (Å²) in [6.45, 7) is 7.48. The van der Waals surface area contributed by atoms with Gasteiger partial charge in [0.1, 0.15) is 10.6 Å². The van der Waals surface area contributed by atoms with Crippen molar-refractivity contribution in [2.75, 3.05) is 7.11 Å². The van der Waals surface area contributed by atoms with Crippen molar-refractivity contribution in [2.24, 2.45) is 0 Å². The third-order valence-corrected chi connectivity index (χ3v) is 5.34. The lowest BCUT2D eigenvalue weighted by molar-refractivity contribution is 0.408. The Kier molecular flexibility index (Phi) is 4.58. The van der Waals surface area contributed by atoms with Gasteiger partial charge in [-0.1, -0.05) is 6.07 Å². The molecule has 2 rings (SSSR count). The van der Waals surface area contributed by atoms with Gasteiger partial charge in [0.15, 0.2) is 0 Å². The molecule has 2 aromatic rings. The first-order chi connectivity index (χ1) is 10.3. The number of benzene rings is 1. The Morgan fingerprint density at radius 3 is 2.36 bits per heavy atom. The fourth-order valence-corrected chi connectivity index (χ4v) is 3.73. The number of nitrogens with one attached hydrogen (secondary N) is 2. The van der Waals surface area contributed by atoms with Crippen LogP contribution < -0.4 is 9.46 Å². The van der Waals surface area contributed by atoms with Crippen LogP contribution in [0.5, 0.6) is 5.75 Å². The number of hydrogen-bond donors (Lipinski definition) is 2.